The van der Waals surface area contributed by atoms with Gasteiger partial charge in [-0.2, -0.15) is 0 Å². The van der Waals surface area contributed by atoms with E-state index in [1.54, 1.807) is 18.2 Å². The monoisotopic (exact) mass is 252 g/mol. The van der Waals surface area contributed by atoms with Crippen LogP contribution >= 0.6 is 11.6 Å². The number of rotatable bonds is 2. The Bertz CT molecular complexity index is 462. The first-order chi connectivity index (χ1) is 8.09. The van der Waals surface area contributed by atoms with E-state index in [0.29, 0.717) is 17.9 Å². The quantitative estimate of drug-likeness (QED) is 0.808. The molecule has 0 aliphatic carbocycles. The van der Waals surface area contributed by atoms with Crippen molar-refractivity contribution in [2.24, 2.45) is 5.73 Å². The summed E-state index contributed by atoms with van der Waals surface area (Å²) >= 11 is 5.99. The first-order valence-corrected chi connectivity index (χ1v) is 5.80. The van der Waals surface area contributed by atoms with E-state index in [0.717, 1.165) is 5.56 Å². The fraction of sp³-hybridized carbons (Fsp3) is 0.333. The molecule has 1 aromatic carbocycles. The van der Waals surface area contributed by atoms with Gasteiger partial charge in [0.25, 0.3) is 0 Å². The fourth-order valence-corrected chi connectivity index (χ4v) is 2.02. The summed E-state index contributed by atoms with van der Waals surface area (Å²) in [5, 5.41) is 0.548. The Labute approximate surface area is 104 Å². The Morgan fingerprint density at radius 2 is 2.06 bits per heavy atom. The van der Waals surface area contributed by atoms with E-state index >= 15 is 0 Å². The molecule has 1 unspecified atom stereocenters. The van der Waals surface area contributed by atoms with Crippen molar-refractivity contribution < 1.29 is 9.59 Å². The first kappa shape index (κ1) is 12.1. The van der Waals surface area contributed by atoms with Crippen LogP contribution in [0.15, 0.2) is 24.3 Å². The van der Waals surface area contributed by atoms with Crippen LogP contribution in [0.3, 0.4) is 0 Å². The summed E-state index contributed by atoms with van der Waals surface area (Å²) in [5.74, 6) is -0.502. The minimum atomic E-state index is -0.574. The molecule has 4 nitrogen and oxygen atoms in total. The molecule has 1 aliphatic rings. The predicted molar refractivity (Wildman–Crippen MR) is 64.2 cm³/mol. The van der Waals surface area contributed by atoms with E-state index in [9.17, 15) is 9.59 Å². The van der Waals surface area contributed by atoms with E-state index in [-0.39, 0.29) is 18.4 Å². The standard InChI is InChI=1S/C12H13ClN2O2/c13-9-4-2-1-3-8(9)7-15-11(16)6-5-10(14)12(15)17/h1-4,10H,5-7,14H2. The number of carbonyl (C=O) groups is 2. The largest absolute Gasteiger partial charge is 0.320 e. The molecule has 2 N–H and O–H groups in total. The smallest absolute Gasteiger partial charge is 0.246 e. The van der Waals surface area contributed by atoms with Crippen LogP contribution in [-0.2, 0) is 16.1 Å². The molecule has 0 bridgehead atoms. The molecule has 1 atom stereocenters. The lowest BCUT2D eigenvalue weighted by Crippen LogP contribution is -2.50. The van der Waals surface area contributed by atoms with Crippen molar-refractivity contribution >= 4 is 23.4 Å². The number of carbonyl (C=O) groups excluding carboxylic acids is 2. The maximum Gasteiger partial charge on any atom is 0.246 e. The van der Waals surface area contributed by atoms with Crippen LogP contribution in [0, 0.1) is 0 Å². The summed E-state index contributed by atoms with van der Waals surface area (Å²) in [5.41, 5.74) is 6.40. The van der Waals surface area contributed by atoms with Gasteiger partial charge in [-0.25, -0.2) is 0 Å². The molecule has 90 valence electrons. The van der Waals surface area contributed by atoms with Gasteiger partial charge >= 0.3 is 0 Å². The second-order valence-electron chi connectivity index (χ2n) is 4.05. The number of piperidine rings is 1. The Balaban J connectivity index is 2.20. The molecule has 0 radical (unpaired) electrons. The van der Waals surface area contributed by atoms with E-state index in [1.165, 1.54) is 4.90 Å². The second-order valence-corrected chi connectivity index (χ2v) is 4.46. The molecule has 1 heterocycles. The highest BCUT2D eigenvalue weighted by molar-refractivity contribution is 6.31. The molecule has 1 aromatic rings. The zero-order chi connectivity index (χ0) is 12.4. The minimum Gasteiger partial charge on any atom is -0.320 e. The van der Waals surface area contributed by atoms with E-state index in [4.69, 9.17) is 17.3 Å². The third-order valence-electron chi connectivity index (χ3n) is 2.84. The number of nitrogens with zero attached hydrogens (tertiary/aromatic N) is 1. The second kappa shape index (κ2) is 4.85. The number of hydrogen-bond acceptors (Lipinski definition) is 3. The van der Waals surface area contributed by atoms with Crippen molar-refractivity contribution in [1.82, 2.24) is 4.90 Å². The predicted octanol–water partition coefficient (Wildman–Crippen LogP) is 1.32. The maximum atomic E-state index is 11.8. The van der Waals surface area contributed by atoms with E-state index in [1.807, 2.05) is 6.07 Å². The van der Waals surface area contributed by atoms with Crippen molar-refractivity contribution in [3.8, 4) is 0 Å². The summed E-state index contributed by atoms with van der Waals surface area (Å²) in [6, 6.07) is 6.58. The van der Waals surface area contributed by atoms with Crippen LogP contribution in [0.2, 0.25) is 5.02 Å². The van der Waals surface area contributed by atoms with Gasteiger partial charge < -0.3 is 5.73 Å². The Morgan fingerprint density at radius 3 is 2.76 bits per heavy atom. The Hall–Kier alpha value is -1.39. The van der Waals surface area contributed by atoms with Gasteiger partial charge in [-0.1, -0.05) is 29.8 Å². The van der Waals surface area contributed by atoms with Crippen LogP contribution in [-0.4, -0.2) is 22.8 Å². The number of amides is 2. The van der Waals surface area contributed by atoms with Crippen molar-refractivity contribution in [3.05, 3.63) is 34.9 Å². The summed E-state index contributed by atoms with van der Waals surface area (Å²) in [7, 11) is 0. The zero-order valence-corrected chi connectivity index (χ0v) is 9.98. The molecular weight excluding hydrogens is 240 g/mol. The van der Waals surface area contributed by atoms with Crippen LogP contribution in [0.1, 0.15) is 18.4 Å². The third kappa shape index (κ3) is 2.48. The van der Waals surface area contributed by atoms with Crippen molar-refractivity contribution in [3.63, 3.8) is 0 Å². The highest BCUT2D eigenvalue weighted by Crippen LogP contribution is 2.20. The number of hydrogen-bond donors (Lipinski definition) is 1. The van der Waals surface area contributed by atoms with E-state index in [2.05, 4.69) is 0 Å². The van der Waals surface area contributed by atoms with Gasteiger partial charge in [0.1, 0.15) is 0 Å². The number of likely N-dealkylation sites (tertiary alicyclic amines) is 1. The fourth-order valence-electron chi connectivity index (χ4n) is 1.82. The number of halogens is 1. The molecular formula is C12H13ClN2O2. The van der Waals surface area contributed by atoms with Gasteiger partial charge in [0.05, 0.1) is 12.6 Å². The molecule has 2 amide bonds. The van der Waals surface area contributed by atoms with Crippen LogP contribution in [0.25, 0.3) is 0 Å². The van der Waals surface area contributed by atoms with Gasteiger partial charge in [0, 0.05) is 11.4 Å². The van der Waals surface area contributed by atoms with Gasteiger partial charge in [0.15, 0.2) is 0 Å². The SMILES string of the molecule is NC1CCC(=O)N(Cc2ccccc2Cl)C1=O. The highest BCUT2D eigenvalue weighted by Gasteiger charge is 2.32. The van der Waals surface area contributed by atoms with Crippen molar-refractivity contribution in [2.75, 3.05) is 0 Å². The average molecular weight is 253 g/mol. The van der Waals surface area contributed by atoms with Crippen LogP contribution < -0.4 is 5.73 Å². The third-order valence-corrected chi connectivity index (χ3v) is 3.21. The van der Waals surface area contributed by atoms with E-state index < -0.39 is 6.04 Å². The molecule has 1 saturated heterocycles. The highest BCUT2D eigenvalue weighted by atomic mass is 35.5. The molecule has 2 rings (SSSR count). The summed E-state index contributed by atoms with van der Waals surface area (Å²) in [6.45, 7) is 0.199. The van der Waals surface area contributed by atoms with Crippen molar-refractivity contribution in [2.45, 2.75) is 25.4 Å². The van der Waals surface area contributed by atoms with Crippen LogP contribution in [0.5, 0.6) is 0 Å². The molecule has 0 saturated carbocycles. The molecule has 1 fully saturated rings. The van der Waals surface area contributed by atoms with Gasteiger partial charge in [-0.05, 0) is 18.1 Å². The summed E-state index contributed by atoms with van der Waals surface area (Å²) < 4.78 is 0. The molecule has 17 heavy (non-hydrogen) atoms. The lowest BCUT2D eigenvalue weighted by molar-refractivity contribution is -0.149. The zero-order valence-electron chi connectivity index (χ0n) is 9.23. The van der Waals surface area contributed by atoms with Gasteiger partial charge in [-0.15, -0.1) is 0 Å². The summed E-state index contributed by atoms with van der Waals surface area (Å²) in [4.78, 5) is 24.7. The lowest BCUT2D eigenvalue weighted by atomic mass is 10.0. The Kier molecular flexibility index (Phi) is 3.45. The van der Waals surface area contributed by atoms with Gasteiger partial charge in [0.2, 0.25) is 11.8 Å². The molecule has 5 heteroatoms. The lowest BCUT2D eigenvalue weighted by Gasteiger charge is -2.28. The topological polar surface area (TPSA) is 63.4 Å². The minimum absolute atomic E-state index is 0.184. The molecule has 1 aliphatic heterocycles. The number of imide groups is 1. The summed E-state index contributed by atoms with van der Waals surface area (Å²) in [6.07, 6.45) is 0.744. The molecule has 0 aromatic heterocycles. The van der Waals surface area contributed by atoms with Crippen molar-refractivity contribution in [1.29, 1.82) is 0 Å². The number of nitrogens with two attached hydrogens (primary N) is 1. The average Bonchev–Trinajstić information content (AvgIpc) is 2.32. The first-order valence-electron chi connectivity index (χ1n) is 5.43. The molecule has 0 spiro atoms. The number of benzene rings is 1. The van der Waals surface area contributed by atoms with Crippen LogP contribution in [0.4, 0.5) is 0 Å². The van der Waals surface area contributed by atoms with Gasteiger partial charge in [-0.3, -0.25) is 14.5 Å². The normalized spacial score (nSPS) is 20.8. The maximum absolute atomic E-state index is 11.8. The Morgan fingerprint density at radius 1 is 1.35 bits per heavy atom.